The molecule has 0 saturated heterocycles. The van der Waals surface area contributed by atoms with Gasteiger partial charge in [0, 0.05) is 11.4 Å². The predicted octanol–water partition coefficient (Wildman–Crippen LogP) is 3.75. The van der Waals surface area contributed by atoms with Crippen LogP contribution in [0.2, 0.25) is 0 Å². The van der Waals surface area contributed by atoms with E-state index < -0.39 is 5.97 Å². The molecule has 24 heavy (non-hydrogen) atoms. The van der Waals surface area contributed by atoms with Crippen LogP contribution in [0.15, 0.2) is 48.5 Å². The number of carbonyl (C=O) groups is 2. The zero-order valence-electron chi connectivity index (χ0n) is 13.6. The second-order valence-electron chi connectivity index (χ2n) is 5.49. The van der Waals surface area contributed by atoms with E-state index in [1.165, 1.54) is 17.3 Å². The lowest BCUT2D eigenvalue weighted by Crippen LogP contribution is -2.14. The van der Waals surface area contributed by atoms with Crippen LogP contribution < -0.4 is 5.32 Å². The number of hydrogen-bond donors (Lipinski definition) is 2. The molecule has 126 valence electrons. The number of thioether (sulfide) groups is 1. The van der Waals surface area contributed by atoms with Crippen LogP contribution in [-0.2, 0) is 28.2 Å². The van der Waals surface area contributed by atoms with Crippen molar-refractivity contribution in [1.29, 1.82) is 0 Å². The first-order valence-corrected chi connectivity index (χ1v) is 8.98. The second kappa shape index (κ2) is 9.13. The van der Waals surface area contributed by atoms with Crippen molar-refractivity contribution in [2.45, 2.75) is 25.5 Å². The molecule has 0 aliphatic carbocycles. The number of amides is 1. The molecule has 2 N–H and O–H groups in total. The van der Waals surface area contributed by atoms with Crippen molar-refractivity contribution in [3.63, 3.8) is 0 Å². The number of carboxylic acids is 1. The van der Waals surface area contributed by atoms with Gasteiger partial charge in [0.15, 0.2) is 0 Å². The highest BCUT2D eigenvalue weighted by Crippen LogP contribution is 2.17. The standard InChI is InChI=1S/C19H21NO3S/c1-2-14-5-3-6-15(9-14)11-18(21)20-17-8-4-7-16(10-17)12-24-13-19(22)23/h3-10H,2,11-13H2,1H3,(H,20,21)(H,22,23). The van der Waals surface area contributed by atoms with E-state index >= 15 is 0 Å². The molecule has 4 nitrogen and oxygen atoms in total. The monoisotopic (exact) mass is 343 g/mol. The highest BCUT2D eigenvalue weighted by molar-refractivity contribution is 7.99. The Morgan fingerprint density at radius 3 is 2.50 bits per heavy atom. The molecule has 0 radical (unpaired) electrons. The first kappa shape index (κ1) is 18.1. The van der Waals surface area contributed by atoms with Gasteiger partial charge in [0.1, 0.15) is 0 Å². The summed E-state index contributed by atoms with van der Waals surface area (Å²) in [6.45, 7) is 2.09. The van der Waals surface area contributed by atoms with E-state index in [9.17, 15) is 9.59 Å². The lowest BCUT2D eigenvalue weighted by molar-refractivity contribution is -0.133. The fraction of sp³-hybridized carbons (Fsp3) is 0.263. The minimum absolute atomic E-state index is 0.0569. The summed E-state index contributed by atoms with van der Waals surface area (Å²) in [6.07, 6.45) is 1.29. The molecule has 0 aliphatic heterocycles. The molecular weight excluding hydrogens is 322 g/mol. The summed E-state index contributed by atoms with van der Waals surface area (Å²) in [5, 5.41) is 11.6. The topological polar surface area (TPSA) is 66.4 Å². The van der Waals surface area contributed by atoms with Crippen LogP contribution in [0.4, 0.5) is 5.69 Å². The molecule has 0 unspecified atom stereocenters. The Kier molecular flexibility index (Phi) is 6.88. The minimum Gasteiger partial charge on any atom is -0.481 e. The molecule has 0 aromatic heterocycles. The molecule has 0 heterocycles. The van der Waals surface area contributed by atoms with E-state index in [0.29, 0.717) is 12.2 Å². The second-order valence-corrected chi connectivity index (χ2v) is 6.47. The SMILES string of the molecule is CCc1cccc(CC(=O)Nc2cccc(CSCC(=O)O)c2)c1. The van der Waals surface area contributed by atoms with Gasteiger partial charge in [-0.05, 0) is 35.2 Å². The third kappa shape index (κ3) is 6.08. The van der Waals surface area contributed by atoms with Gasteiger partial charge in [0.2, 0.25) is 5.91 Å². The van der Waals surface area contributed by atoms with Gasteiger partial charge >= 0.3 is 5.97 Å². The van der Waals surface area contributed by atoms with E-state index in [1.807, 2.05) is 36.4 Å². The Balaban J connectivity index is 1.92. The normalized spacial score (nSPS) is 10.4. The van der Waals surface area contributed by atoms with Crippen molar-refractivity contribution in [3.8, 4) is 0 Å². The maximum atomic E-state index is 12.2. The number of rotatable bonds is 8. The summed E-state index contributed by atoms with van der Waals surface area (Å²) in [4.78, 5) is 22.7. The van der Waals surface area contributed by atoms with Gasteiger partial charge in [-0.2, -0.15) is 0 Å². The van der Waals surface area contributed by atoms with Gasteiger partial charge < -0.3 is 10.4 Å². The maximum Gasteiger partial charge on any atom is 0.313 e. The number of aryl methyl sites for hydroxylation is 1. The number of benzene rings is 2. The van der Waals surface area contributed by atoms with E-state index in [2.05, 4.69) is 24.4 Å². The van der Waals surface area contributed by atoms with Crippen molar-refractivity contribution < 1.29 is 14.7 Å². The predicted molar refractivity (Wildman–Crippen MR) is 98.4 cm³/mol. The fourth-order valence-electron chi connectivity index (χ4n) is 2.35. The largest absolute Gasteiger partial charge is 0.481 e. The van der Waals surface area contributed by atoms with Crippen LogP contribution in [0.25, 0.3) is 0 Å². The molecule has 0 bridgehead atoms. The first-order valence-electron chi connectivity index (χ1n) is 7.83. The molecule has 5 heteroatoms. The minimum atomic E-state index is -0.821. The van der Waals surface area contributed by atoms with Crippen molar-refractivity contribution in [3.05, 3.63) is 65.2 Å². The van der Waals surface area contributed by atoms with Gasteiger partial charge in [-0.15, -0.1) is 11.8 Å². The molecule has 1 amide bonds. The molecule has 0 fully saturated rings. The lowest BCUT2D eigenvalue weighted by Gasteiger charge is -2.08. The number of aliphatic carboxylic acids is 1. The quantitative estimate of drug-likeness (QED) is 0.766. The molecule has 2 aromatic carbocycles. The van der Waals surface area contributed by atoms with Crippen molar-refractivity contribution in [2.75, 3.05) is 11.1 Å². The molecule has 2 rings (SSSR count). The Labute approximate surface area is 146 Å². The van der Waals surface area contributed by atoms with E-state index in [0.717, 1.165) is 23.2 Å². The van der Waals surface area contributed by atoms with Crippen LogP contribution in [0.1, 0.15) is 23.6 Å². The first-order chi connectivity index (χ1) is 11.6. The Bertz CT molecular complexity index is 715. The van der Waals surface area contributed by atoms with Gasteiger partial charge in [0.05, 0.1) is 12.2 Å². The summed E-state index contributed by atoms with van der Waals surface area (Å²) in [6, 6.07) is 15.6. The van der Waals surface area contributed by atoms with Crippen LogP contribution >= 0.6 is 11.8 Å². The van der Waals surface area contributed by atoms with E-state index in [4.69, 9.17) is 5.11 Å². The van der Waals surface area contributed by atoms with Crippen LogP contribution in [0.5, 0.6) is 0 Å². The number of carbonyl (C=O) groups excluding carboxylic acids is 1. The number of nitrogens with one attached hydrogen (secondary N) is 1. The van der Waals surface area contributed by atoms with Crippen molar-refractivity contribution >= 4 is 29.3 Å². The molecule has 0 aliphatic rings. The smallest absolute Gasteiger partial charge is 0.313 e. The Morgan fingerprint density at radius 1 is 1.04 bits per heavy atom. The molecule has 2 aromatic rings. The van der Waals surface area contributed by atoms with Gasteiger partial charge in [-0.25, -0.2) is 0 Å². The zero-order valence-corrected chi connectivity index (χ0v) is 14.4. The van der Waals surface area contributed by atoms with Crippen molar-refractivity contribution in [1.82, 2.24) is 0 Å². The molecular formula is C19H21NO3S. The molecule has 0 spiro atoms. The maximum absolute atomic E-state index is 12.2. The van der Waals surface area contributed by atoms with Crippen LogP contribution in [0, 0.1) is 0 Å². The molecule has 0 atom stereocenters. The fourth-order valence-corrected chi connectivity index (χ4v) is 3.04. The summed E-state index contributed by atoms with van der Waals surface area (Å²) >= 11 is 1.34. The Morgan fingerprint density at radius 2 is 1.75 bits per heavy atom. The van der Waals surface area contributed by atoms with Gasteiger partial charge in [0.25, 0.3) is 0 Å². The number of anilines is 1. The van der Waals surface area contributed by atoms with Crippen molar-refractivity contribution in [2.24, 2.45) is 0 Å². The highest BCUT2D eigenvalue weighted by atomic mass is 32.2. The molecule has 0 saturated carbocycles. The Hall–Kier alpha value is -2.27. The van der Waals surface area contributed by atoms with Crippen LogP contribution in [0.3, 0.4) is 0 Å². The highest BCUT2D eigenvalue weighted by Gasteiger charge is 2.06. The summed E-state index contributed by atoms with van der Waals surface area (Å²) in [5.74, 6) is -0.198. The number of hydrogen-bond acceptors (Lipinski definition) is 3. The summed E-state index contributed by atoms with van der Waals surface area (Å²) in [7, 11) is 0. The third-order valence-corrected chi connectivity index (χ3v) is 4.46. The number of carboxylic acid groups (broad SMARTS) is 1. The van der Waals surface area contributed by atoms with Crippen LogP contribution in [-0.4, -0.2) is 22.7 Å². The van der Waals surface area contributed by atoms with E-state index in [1.54, 1.807) is 0 Å². The third-order valence-electron chi connectivity index (χ3n) is 3.47. The lowest BCUT2D eigenvalue weighted by atomic mass is 10.1. The van der Waals surface area contributed by atoms with Gasteiger partial charge in [-0.3, -0.25) is 9.59 Å². The average molecular weight is 343 g/mol. The summed E-state index contributed by atoms with van der Waals surface area (Å²) < 4.78 is 0. The summed E-state index contributed by atoms with van der Waals surface area (Å²) in [5.41, 5.74) is 3.95. The average Bonchev–Trinajstić information content (AvgIpc) is 2.55. The zero-order chi connectivity index (χ0) is 17.4. The van der Waals surface area contributed by atoms with Gasteiger partial charge in [-0.1, -0.05) is 43.3 Å². The van der Waals surface area contributed by atoms with E-state index in [-0.39, 0.29) is 11.7 Å².